The Morgan fingerprint density at radius 1 is 1.22 bits per heavy atom. The molecular weight excluding hydrogens is 386 g/mol. The number of pyridine rings is 1. The number of nitrogens with zero attached hydrogens (tertiary/aromatic N) is 3. The second-order valence-electron chi connectivity index (χ2n) is 6.73. The van der Waals surface area contributed by atoms with Crippen molar-refractivity contribution in [3.05, 3.63) is 53.3 Å². The summed E-state index contributed by atoms with van der Waals surface area (Å²) < 4.78 is 27.1. The summed E-state index contributed by atoms with van der Waals surface area (Å²) in [7, 11) is -3.63. The molecule has 2 aromatic rings. The molecular formula is C19H22ClN3O3S. The molecule has 3 rings (SSSR count). The molecule has 0 atom stereocenters. The normalized spacial score (nSPS) is 15.3. The number of rotatable bonds is 5. The van der Waals surface area contributed by atoms with Gasteiger partial charge >= 0.3 is 0 Å². The summed E-state index contributed by atoms with van der Waals surface area (Å²) in [5.41, 5.74) is 0.788. The lowest BCUT2D eigenvalue weighted by atomic mass is 10.1. The number of hydrogen-bond acceptors (Lipinski definition) is 4. The Bertz CT molecular complexity index is 926. The third-order valence-corrected chi connectivity index (χ3v) is 6.75. The van der Waals surface area contributed by atoms with Crippen molar-refractivity contribution in [2.45, 2.75) is 37.6 Å². The fraction of sp³-hybridized carbons (Fsp3) is 0.368. The van der Waals surface area contributed by atoms with E-state index in [-0.39, 0.29) is 27.4 Å². The molecule has 1 amide bonds. The first-order valence-electron chi connectivity index (χ1n) is 8.85. The fourth-order valence-corrected chi connectivity index (χ4v) is 4.92. The quantitative estimate of drug-likeness (QED) is 0.759. The first-order valence-corrected chi connectivity index (χ1v) is 10.7. The molecule has 1 fully saturated rings. The fourth-order valence-electron chi connectivity index (χ4n) is 3.18. The second kappa shape index (κ2) is 7.96. The minimum atomic E-state index is -3.63. The van der Waals surface area contributed by atoms with Crippen molar-refractivity contribution in [3.8, 4) is 0 Å². The summed E-state index contributed by atoms with van der Waals surface area (Å²) in [4.78, 5) is 18.9. The van der Waals surface area contributed by atoms with Gasteiger partial charge in [0.2, 0.25) is 10.0 Å². The van der Waals surface area contributed by atoms with E-state index in [0.29, 0.717) is 18.8 Å². The van der Waals surface area contributed by atoms with Crippen molar-refractivity contribution in [1.29, 1.82) is 0 Å². The number of aromatic nitrogens is 1. The van der Waals surface area contributed by atoms with E-state index in [9.17, 15) is 13.2 Å². The Morgan fingerprint density at radius 2 is 1.93 bits per heavy atom. The zero-order chi connectivity index (χ0) is 19.6. The van der Waals surface area contributed by atoms with Gasteiger partial charge in [0.25, 0.3) is 5.91 Å². The summed E-state index contributed by atoms with van der Waals surface area (Å²) in [6.45, 7) is 4.76. The Balaban J connectivity index is 2.01. The van der Waals surface area contributed by atoms with Crippen LogP contribution in [-0.4, -0.2) is 42.7 Å². The van der Waals surface area contributed by atoms with Gasteiger partial charge in [0, 0.05) is 25.3 Å². The van der Waals surface area contributed by atoms with E-state index in [4.69, 9.17) is 11.6 Å². The lowest BCUT2D eigenvalue weighted by molar-refractivity contribution is 0.0980. The van der Waals surface area contributed by atoms with Crippen LogP contribution in [-0.2, 0) is 10.0 Å². The Morgan fingerprint density at radius 3 is 2.52 bits per heavy atom. The zero-order valence-corrected chi connectivity index (χ0v) is 16.9. The van der Waals surface area contributed by atoms with Crippen LogP contribution in [0.25, 0.3) is 0 Å². The molecule has 0 bridgehead atoms. The van der Waals surface area contributed by atoms with E-state index >= 15 is 0 Å². The standard InChI is InChI=1S/C19H22ClN3O3S/c1-14(2)23(15-6-5-9-21-13-15)19(24)17-12-16(7-8-18(17)20)27(25,26)22-10-3-4-11-22/h5-9,12-14H,3-4,10-11H2,1-2H3. The molecule has 1 saturated heterocycles. The van der Waals surface area contributed by atoms with Gasteiger partial charge in [-0.15, -0.1) is 0 Å². The number of anilines is 1. The maximum absolute atomic E-state index is 13.2. The third-order valence-electron chi connectivity index (χ3n) is 4.53. The highest BCUT2D eigenvalue weighted by Gasteiger charge is 2.30. The molecule has 1 aromatic heterocycles. The van der Waals surface area contributed by atoms with Gasteiger partial charge < -0.3 is 4.90 Å². The van der Waals surface area contributed by atoms with E-state index < -0.39 is 10.0 Å². The molecule has 0 unspecified atom stereocenters. The zero-order valence-electron chi connectivity index (χ0n) is 15.3. The topological polar surface area (TPSA) is 70.6 Å². The monoisotopic (exact) mass is 407 g/mol. The summed E-state index contributed by atoms with van der Waals surface area (Å²) in [5, 5.41) is 0.218. The largest absolute Gasteiger partial charge is 0.304 e. The number of carbonyl (C=O) groups excluding carboxylic acids is 1. The van der Waals surface area contributed by atoms with Crippen LogP contribution in [0.15, 0.2) is 47.6 Å². The summed E-state index contributed by atoms with van der Waals surface area (Å²) in [6, 6.07) is 7.68. The van der Waals surface area contributed by atoms with E-state index in [2.05, 4.69) is 4.98 Å². The van der Waals surface area contributed by atoms with Crippen LogP contribution < -0.4 is 4.90 Å². The molecule has 2 heterocycles. The van der Waals surface area contributed by atoms with Crippen LogP contribution >= 0.6 is 11.6 Å². The van der Waals surface area contributed by atoms with Crippen LogP contribution in [0.1, 0.15) is 37.0 Å². The number of halogens is 1. The first-order chi connectivity index (χ1) is 12.8. The van der Waals surface area contributed by atoms with Gasteiger partial charge in [0.05, 0.1) is 27.4 Å². The minimum Gasteiger partial charge on any atom is -0.304 e. The van der Waals surface area contributed by atoms with Gasteiger partial charge in [-0.1, -0.05) is 11.6 Å². The average Bonchev–Trinajstić information content (AvgIpc) is 3.18. The summed E-state index contributed by atoms with van der Waals surface area (Å²) >= 11 is 6.27. The predicted molar refractivity (Wildman–Crippen MR) is 106 cm³/mol. The summed E-state index contributed by atoms with van der Waals surface area (Å²) in [6.07, 6.45) is 4.92. The van der Waals surface area contributed by atoms with Gasteiger partial charge in [-0.2, -0.15) is 4.31 Å². The molecule has 6 nitrogen and oxygen atoms in total. The third kappa shape index (κ3) is 4.00. The predicted octanol–water partition coefficient (Wildman–Crippen LogP) is 3.57. The van der Waals surface area contributed by atoms with Crippen molar-refractivity contribution >= 4 is 33.2 Å². The number of hydrogen-bond donors (Lipinski definition) is 0. The molecule has 0 saturated carbocycles. The van der Waals surface area contributed by atoms with Gasteiger partial charge in [0.1, 0.15) is 0 Å². The van der Waals surface area contributed by atoms with Gasteiger partial charge in [0.15, 0.2) is 0 Å². The number of carbonyl (C=O) groups is 1. The highest BCUT2D eigenvalue weighted by Crippen LogP contribution is 2.28. The average molecular weight is 408 g/mol. The van der Waals surface area contributed by atoms with Crippen LogP contribution in [0, 0.1) is 0 Å². The van der Waals surface area contributed by atoms with E-state index in [0.717, 1.165) is 12.8 Å². The van der Waals surface area contributed by atoms with E-state index in [1.165, 1.54) is 22.5 Å². The molecule has 144 valence electrons. The van der Waals surface area contributed by atoms with Gasteiger partial charge in [-0.25, -0.2) is 8.42 Å². The minimum absolute atomic E-state index is 0.0899. The van der Waals surface area contributed by atoms with Crippen LogP contribution in [0.2, 0.25) is 5.02 Å². The Hall–Kier alpha value is -1.96. The molecule has 0 N–H and O–H groups in total. The lowest BCUT2D eigenvalue weighted by Gasteiger charge is -2.27. The maximum Gasteiger partial charge on any atom is 0.260 e. The van der Waals surface area contributed by atoms with Gasteiger partial charge in [-0.05, 0) is 57.0 Å². The molecule has 0 aliphatic carbocycles. The smallest absolute Gasteiger partial charge is 0.260 e. The van der Waals surface area contributed by atoms with Crippen LogP contribution in [0.5, 0.6) is 0 Å². The second-order valence-corrected chi connectivity index (χ2v) is 9.08. The van der Waals surface area contributed by atoms with Crippen molar-refractivity contribution in [2.24, 2.45) is 0 Å². The van der Waals surface area contributed by atoms with Crippen molar-refractivity contribution < 1.29 is 13.2 Å². The van der Waals surface area contributed by atoms with Gasteiger partial charge in [-0.3, -0.25) is 9.78 Å². The van der Waals surface area contributed by atoms with Crippen molar-refractivity contribution in [2.75, 3.05) is 18.0 Å². The van der Waals surface area contributed by atoms with E-state index in [1.807, 2.05) is 13.8 Å². The maximum atomic E-state index is 13.2. The lowest BCUT2D eigenvalue weighted by Crippen LogP contribution is -2.37. The molecule has 0 spiro atoms. The number of sulfonamides is 1. The molecule has 0 radical (unpaired) electrons. The highest BCUT2D eigenvalue weighted by atomic mass is 35.5. The number of amides is 1. The van der Waals surface area contributed by atoms with Crippen molar-refractivity contribution in [3.63, 3.8) is 0 Å². The van der Waals surface area contributed by atoms with E-state index in [1.54, 1.807) is 29.4 Å². The van der Waals surface area contributed by atoms with Crippen molar-refractivity contribution in [1.82, 2.24) is 9.29 Å². The molecule has 8 heteroatoms. The van der Waals surface area contributed by atoms with Crippen LogP contribution in [0.4, 0.5) is 5.69 Å². The molecule has 1 aromatic carbocycles. The Labute approximate surface area is 164 Å². The molecule has 27 heavy (non-hydrogen) atoms. The first kappa shape index (κ1) is 19.8. The Kier molecular flexibility index (Phi) is 5.83. The summed E-state index contributed by atoms with van der Waals surface area (Å²) in [5.74, 6) is -0.360. The number of benzene rings is 1. The highest BCUT2D eigenvalue weighted by molar-refractivity contribution is 7.89. The molecule has 1 aliphatic heterocycles. The molecule has 1 aliphatic rings. The van der Waals surface area contributed by atoms with Crippen LogP contribution in [0.3, 0.4) is 0 Å². The SMILES string of the molecule is CC(C)N(C(=O)c1cc(S(=O)(=O)N2CCCC2)ccc1Cl)c1cccnc1.